The Morgan fingerprint density at radius 2 is 1.90 bits per heavy atom. The summed E-state index contributed by atoms with van der Waals surface area (Å²) in [4.78, 5) is 23.7. The van der Waals surface area contributed by atoms with E-state index >= 15 is 0 Å². The van der Waals surface area contributed by atoms with E-state index in [4.69, 9.17) is 10.5 Å². The molecular weight excluding hydrogens is 449 g/mol. The van der Waals surface area contributed by atoms with E-state index in [1.165, 1.54) is 0 Å². The number of primary amides is 1. The lowest BCUT2D eigenvalue weighted by Crippen LogP contribution is -2.24. The van der Waals surface area contributed by atoms with Crippen LogP contribution in [0.15, 0.2) is 39.4 Å². The standard InChI is InChI=1S/C17H15F3N2O6S2/c18-17(19,20)28-10-1-3-11(4-2-10)30(25,26)13-7-12(14(21)23)16(29-13)22-15(24)9-5-6-27-8-9/h1-4,7,9H,5-6,8H2,(H2,21,23)(H,22,24). The van der Waals surface area contributed by atoms with Crippen molar-refractivity contribution < 1.29 is 40.7 Å². The lowest BCUT2D eigenvalue weighted by Gasteiger charge is -2.09. The number of carbonyl (C=O) groups excluding carboxylic acids is 2. The minimum absolute atomic E-state index is 0.0324. The molecule has 2 aromatic rings. The van der Waals surface area contributed by atoms with E-state index in [2.05, 4.69) is 10.1 Å². The van der Waals surface area contributed by atoms with Gasteiger partial charge in [-0.15, -0.1) is 24.5 Å². The number of rotatable bonds is 6. The smallest absolute Gasteiger partial charge is 0.406 e. The van der Waals surface area contributed by atoms with Gasteiger partial charge in [-0.1, -0.05) is 0 Å². The minimum atomic E-state index is -4.91. The second-order valence-electron chi connectivity index (χ2n) is 6.24. The molecule has 162 valence electrons. The number of ether oxygens (including phenoxy) is 2. The second-order valence-corrected chi connectivity index (χ2v) is 9.47. The SMILES string of the molecule is NC(=O)c1cc(S(=O)(=O)c2ccc(OC(F)(F)F)cc2)sc1NC(=O)C1CCOC1. The van der Waals surface area contributed by atoms with E-state index in [1.807, 2.05) is 0 Å². The molecule has 13 heteroatoms. The van der Waals surface area contributed by atoms with Crippen LogP contribution in [-0.4, -0.2) is 39.8 Å². The van der Waals surface area contributed by atoms with Crippen LogP contribution in [0.25, 0.3) is 0 Å². The number of amides is 2. The maximum Gasteiger partial charge on any atom is 0.573 e. The Kier molecular flexibility index (Phi) is 6.06. The van der Waals surface area contributed by atoms with Crippen molar-refractivity contribution in [2.75, 3.05) is 18.5 Å². The third-order valence-corrected chi connectivity index (χ3v) is 7.44. The van der Waals surface area contributed by atoms with Gasteiger partial charge < -0.3 is 20.5 Å². The fourth-order valence-electron chi connectivity index (χ4n) is 2.67. The molecule has 1 aromatic heterocycles. The maximum atomic E-state index is 12.8. The molecule has 1 fully saturated rings. The molecule has 0 aliphatic carbocycles. The fraction of sp³-hybridized carbons (Fsp3) is 0.294. The molecule has 0 radical (unpaired) electrons. The number of anilines is 1. The molecule has 1 atom stereocenters. The van der Waals surface area contributed by atoms with Crippen LogP contribution >= 0.6 is 11.3 Å². The molecule has 1 unspecified atom stereocenters. The number of hydrogen-bond donors (Lipinski definition) is 2. The van der Waals surface area contributed by atoms with Gasteiger partial charge in [-0.05, 0) is 36.8 Å². The molecule has 1 aliphatic heterocycles. The molecule has 2 heterocycles. The van der Waals surface area contributed by atoms with E-state index in [0.717, 1.165) is 30.3 Å². The average molecular weight is 464 g/mol. The fourth-order valence-corrected chi connectivity index (χ4v) is 5.44. The summed E-state index contributed by atoms with van der Waals surface area (Å²) >= 11 is 0.618. The number of nitrogens with one attached hydrogen (secondary N) is 1. The summed E-state index contributed by atoms with van der Waals surface area (Å²) in [5, 5.41) is 2.47. The second kappa shape index (κ2) is 8.24. The van der Waals surface area contributed by atoms with Gasteiger partial charge in [-0.3, -0.25) is 9.59 Å². The van der Waals surface area contributed by atoms with Gasteiger partial charge in [0.1, 0.15) is 15.0 Å². The maximum absolute atomic E-state index is 12.8. The van der Waals surface area contributed by atoms with Crippen LogP contribution in [0, 0.1) is 5.92 Å². The van der Waals surface area contributed by atoms with Crippen molar-refractivity contribution in [1.82, 2.24) is 0 Å². The zero-order valence-corrected chi connectivity index (χ0v) is 16.7. The molecule has 2 amide bonds. The first-order chi connectivity index (χ1) is 14.0. The Bertz CT molecular complexity index is 1060. The van der Waals surface area contributed by atoms with E-state index in [-0.39, 0.29) is 26.3 Å². The number of carbonyl (C=O) groups is 2. The van der Waals surface area contributed by atoms with Gasteiger partial charge in [0, 0.05) is 6.61 Å². The Hall–Kier alpha value is -2.64. The Labute approximate surface area is 172 Å². The van der Waals surface area contributed by atoms with Gasteiger partial charge in [-0.25, -0.2) is 8.42 Å². The summed E-state index contributed by atoms with van der Waals surface area (Å²) in [5.41, 5.74) is 5.10. The van der Waals surface area contributed by atoms with Crippen LogP contribution in [0.3, 0.4) is 0 Å². The number of halogens is 3. The quantitative estimate of drug-likeness (QED) is 0.677. The number of alkyl halides is 3. The van der Waals surface area contributed by atoms with Crippen molar-refractivity contribution >= 4 is 38.0 Å². The summed E-state index contributed by atoms with van der Waals surface area (Å²) in [7, 11) is -4.19. The summed E-state index contributed by atoms with van der Waals surface area (Å²) in [6.45, 7) is 0.624. The molecule has 1 saturated heterocycles. The average Bonchev–Trinajstić information content (AvgIpc) is 3.31. The first-order valence-corrected chi connectivity index (χ1v) is 10.7. The molecule has 3 N–H and O–H groups in total. The molecule has 3 rings (SSSR count). The summed E-state index contributed by atoms with van der Waals surface area (Å²) in [5.74, 6) is -2.40. The minimum Gasteiger partial charge on any atom is -0.406 e. The first kappa shape index (κ1) is 22.1. The third-order valence-electron chi connectivity index (χ3n) is 4.14. The van der Waals surface area contributed by atoms with Crippen LogP contribution < -0.4 is 15.8 Å². The highest BCUT2D eigenvalue weighted by Crippen LogP contribution is 2.36. The zero-order chi connectivity index (χ0) is 22.1. The Balaban J connectivity index is 1.88. The van der Waals surface area contributed by atoms with Crippen molar-refractivity contribution in [1.29, 1.82) is 0 Å². The molecule has 1 aliphatic rings. The third kappa shape index (κ3) is 4.91. The van der Waals surface area contributed by atoms with Crippen LogP contribution in [0.1, 0.15) is 16.8 Å². The normalized spacial score (nSPS) is 17.0. The number of sulfone groups is 1. The van der Waals surface area contributed by atoms with Crippen molar-refractivity contribution in [3.8, 4) is 5.75 Å². The van der Waals surface area contributed by atoms with Gasteiger partial charge >= 0.3 is 6.36 Å². The van der Waals surface area contributed by atoms with E-state index in [1.54, 1.807) is 0 Å². The van der Waals surface area contributed by atoms with Crippen LogP contribution in [0.2, 0.25) is 0 Å². The molecule has 0 bridgehead atoms. The van der Waals surface area contributed by atoms with Crippen LogP contribution in [0.5, 0.6) is 5.75 Å². The summed E-state index contributed by atoms with van der Waals surface area (Å²) < 4.78 is 70.9. The van der Waals surface area contributed by atoms with Crippen molar-refractivity contribution in [3.05, 3.63) is 35.9 Å². The van der Waals surface area contributed by atoms with Crippen LogP contribution in [0.4, 0.5) is 18.2 Å². The zero-order valence-electron chi connectivity index (χ0n) is 15.1. The summed E-state index contributed by atoms with van der Waals surface area (Å²) in [6, 6.07) is 4.60. The van der Waals surface area contributed by atoms with Gasteiger partial charge in [-0.2, -0.15) is 0 Å². The van der Waals surface area contributed by atoms with Gasteiger partial charge in [0.2, 0.25) is 15.7 Å². The monoisotopic (exact) mass is 464 g/mol. The van der Waals surface area contributed by atoms with E-state index in [0.29, 0.717) is 24.4 Å². The van der Waals surface area contributed by atoms with E-state index < -0.39 is 39.7 Å². The Morgan fingerprint density at radius 3 is 2.43 bits per heavy atom. The molecule has 8 nitrogen and oxygen atoms in total. The van der Waals surface area contributed by atoms with Crippen LogP contribution in [-0.2, 0) is 19.4 Å². The summed E-state index contributed by atoms with van der Waals surface area (Å²) in [6.07, 6.45) is -4.43. The molecular formula is C17H15F3N2O6S2. The number of nitrogens with two attached hydrogens (primary N) is 1. The Morgan fingerprint density at radius 1 is 1.23 bits per heavy atom. The predicted octanol–water partition coefficient (Wildman–Crippen LogP) is 2.55. The van der Waals surface area contributed by atoms with Gasteiger partial charge in [0.15, 0.2) is 0 Å². The molecule has 1 aromatic carbocycles. The van der Waals surface area contributed by atoms with E-state index in [9.17, 15) is 31.2 Å². The highest BCUT2D eigenvalue weighted by atomic mass is 32.2. The number of benzene rings is 1. The van der Waals surface area contributed by atoms with Gasteiger partial charge in [0.25, 0.3) is 5.91 Å². The van der Waals surface area contributed by atoms with Crippen molar-refractivity contribution in [3.63, 3.8) is 0 Å². The van der Waals surface area contributed by atoms with Crippen molar-refractivity contribution in [2.24, 2.45) is 11.7 Å². The predicted molar refractivity (Wildman–Crippen MR) is 99.0 cm³/mol. The molecule has 0 spiro atoms. The van der Waals surface area contributed by atoms with Gasteiger partial charge in [0.05, 0.1) is 23.0 Å². The lowest BCUT2D eigenvalue weighted by atomic mass is 10.1. The lowest BCUT2D eigenvalue weighted by molar-refractivity contribution is -0.274. The topological polar surface area (TPSA) is 125 Å². The number of thiophene rings is 1. The highest BCUT2D eigenvalue weighted by molar-refractivity contribution is 7.93. The number of hydrogen-bond acceptors (Lipinski definition) is 7. The van der Waals surface area contributed by atoms with Crippen molar-refractivity contribution in [2.45, 2.75) is 21.9 Å². The molecule has 0 saturated carbocycles. The first-order valence-electron chi connectivity index (χ1n) is 8.40. The largest absolute Gasteiger partial charge is 0.573 e. The molecule has 30 heavy (non-hydrogen) atoms. The highest BCUT2D eigenvalue weighted by Gasteiger charge is 2.32.